The van der Waals surface area contributed by atoms with Crippen molar-refractivity contribution >= 4 is 18.0 Å². The molecule has 0 spiro atoms. The molecule has 1 aliphatic carbocycles. The Morgan fingerprint density at radius 1 is 1.27 bits per heavy atom. The number of ether oxygens (including phenoxy) is 2. The zero-order chi connectivity index (χ0) is 15.8. The normalized spacial score (nSPS) is 15.0. The third kappa shape index (κ3) is 4.91. The molecule has 0 radical (unpaired) electrons. The molecule has 0 heterocycles. The van der Waals surface area contributed by atoms with Crippen LogP contribution in [0.4, 0.5) is 0 Å². The molecule has 1 aromatic rings. The molecule has 5 heteroatoms. The van der Waals surface area contributed by atoms with E-state index in [-0.39, 0.29) is 18.6 Å². The van der Waals surface area contributed by atoms with Gasteiger partial charge in [0.05, 0.1) is 7.11 Å². The lowest BCUT2D eigenvalue weighted by atomic mass is 10.2. The highest BCUT2D eigenvalue weighted by Gasteiger charge is 2.17. The van der Waals surface area contributed by atoms with Gasteiger partial charge in [0.15, 0.2) is 6.61 Å². The Labute approximate surface area is 130 Å². The Bertz CT molecular complexity index is 547. The van der Waals surface area contributed by atoms with Gasteiger partial charge in [-0.2, -0.15) is 0 Å². The summed E-state index contributed by atoms with van der Waals surface area (Å²) in [6.45, 7) is -0.244. The summed E-state index contributed by atoms with van der Waals surface area (Å²) in [5, 5.41) is 2.87. The second-order valence-corrected chi connectivity index (χ2v) is 5.23. The molecular formula is C17H21NO4. The number of nitrogens with one attached hydrogen (secondary N) is 1. The van der Waals surface area contributed by atoms with Crippen molar-refractivity contribution in [1.29, 1.82) is 0 Å². The van der Waals surface area contributed by atoms with Gasteiger partial charge in [-0.05, 0) is 25.0 Å². The van der Waals surface area contributed by atoms with Gasteiger partial charge in [0.1, 0.15) is 5.75 Å². The van der Waals surface area contributed by atoms with Gasteiger partial charge in [0, 0.05) is 17.7 Å². The van der Waals surface area contributed by atoms with Crippen LogP contribution in [0.2, 0.25) is 0 Å². The first kappa shape index (κ1) is 16.1. The van der Waals surface area contributed by atoms with E-state index in [2.05, 4.69) is 5.32 Å². The van der Waals surface area contributed by atoms with Crippen LogP contribution in [0.25, 0.3) is 6.08 Å². The predicted octanol–water partition coefficient (Wildman–Crippen LogP) is 2.31. The fourth-order valence-corrected chi connectivity index (χ4v) is 2.49. The third-order valence-electron chi connectivity index (χ3n) is 3.60. The minimum absolute atomic E-state index is 0.232. The molecule has 22 heavy (non-hydrogen) atoms. The number of methoxy groups -OCH3 is 1. The van der Waals surface area contributed by atoms with Crippen LogP contribution in [0.15, 0.2) is 30.3 Å². The molecule has 1 aromatic carbocycles. The summed E-state index contributed by atoms with van der Waals surface area (Å²) in [5.41, 5.74) is 0.775. The van der Waals surface area contributed by atoms with Crippen LogP contribution in [-0.4, -0.2) is 31.6 Å². The minimum Gasteiger partial charge on any atom is -0.496 e. The van der Waals surface area contributed by atoms with Crippen molar-refractivity contribution in [2.75, 3.05) is 13.7 Å². The van der Waals surface area contributed by atoms with Gasteiger partial charge in [-0.25, -0.2) is 4.79 Å². The van der Waals surface area contributed by atoms with Crippen molar-refractivity contribution in [3.8, 4) is 5.75 Å². The van der Waals surface area contributed by atoms with E-state index in [0.29, 0.717) is 5.75 Å². The first-order valence-corrected chi connectivity index (χ1v) is 7.46. The second-order valence-electron chi connectivity index (χ2n) is 5.23. The summed E-state index contributed by atoms with van der Waals surface area (Å²) < 4.78 is 10.1. The van der Waals surface area contributed by atoms with Crippen LogP contribution < -0.4 is 10.1 Å². The van der Waals surface area contributed by atoms with E-state index >= 15 is 0 Å². The van der Waals surface area contributed by atoms with Crippen LogP contribution in [0, 0.1) is 0 Å². The van der Waals surface area contributed by atoms with Gasteiger partial charge in [0.2, 0.25) is 0 Å². The number of rotatable bonds is 6. The van der Waals surface area contributed by atoms with E-state index < -0.39 is 5.97 Å². The maximum atomic E-state index is 11.6. The van der Waals surface area contributed by atoms with Gasteiger partial charge >= 0.3 is 5.97 Å². The Hall–Kier alpha value is -2.30. The third-order valence-corrected chi connectivity index (χ3v) is 3.60. The monoisotopic (exact) mass is 303 g/mol. The highest BCUT2D eigenvalue weighted by molar-refractivity contribution is 5.89. The Morgan fingerprint density at radius 3 is 2.73 bits per heavy atom. The number of para-hydroxylation sites is 1. The standard InChI is InChI=1S/C17H21NO4/c1-21-15-9-5-2-6-13(15)10-11-17(20)22-12-16(19)18-14-7-3-4-8-14/h2,5-6,9-11,14H,3-4,7-8,12H2,1H3,(H,18,19)/b11-10+. The second kappa shape index (κ2) is 8.22. The van der Waals surface area contributed by atoms with Crippen LogP contribution >= 0.6 is 0 Å². The zero-order valence-electron chi connectivity index (χ0n) is 12.7. The van der Waals surface area contributed by atoms with Gasteiger partial charge in [-0.15, -0.1) is 0 Å². The summed E-state index contributed by atoms with van der Waals surface area (Å²) in [5.74, 6) is -0.121. The van der Waals surface area contributed by atoms with Crippen molar-refractivity contribution in [3.63, 3.8) is 0 Å². The highest BCUT2D eigenvalue weighted by atomic mass is 16.5. The van der Waals surface area contributed by atoms with E-state index in [1.165, 1.54) is 6.08 Å². The van der Waals surface area contributed by atoms with Crippen LogP contribution in [-0.2, 0) is 14.3 Å². The molecule has 2 rings (SSSR count). The van der Waals surface area contributed by atoms with E-state index in [1.54, 1.807) is 19.3 Å². The summed E-state index contributed by atoms with van der Waals surface area (Å²) in [7, 11) is 1.57. The fourth-order valence-electron chi connectivity index (χ4n) is 2.49. The summed E-state index contributed by atoms with van der Waals surface area (Å²) in [6.07, 6.45) is 7.20. The van der Waals surface area contributed by atoms with Gasteiger partial charge in [0.25, 0.3) is 5.91 Å². The molecule has 0 aliphatic heterocycles. The molecule has 0 aromatic heterocycles. The van der Waals surface area contributed by atoms with Gasteiger partial charge < -0.3 is 14.8 Å². The number of amides is 1. The largest absolute Gasteiger partial charge is 0.496 e. The zero-order valence-corrected chi connectivity index (χ0v) is 12.7. The van der Waals surface area contributed by atoms with Gasteiger partial charge in [-0.1, -0.05) is 31.0 Å². The van der Waals surface area contributed by atoms with Gasteiger partial charge in [-0.3, -0.25) is 4.79 Å². The molecular weight excluding hydrogens is 282 g/mol. The number of esters is 1. The quantitative estimate of drug-likeness (QED) is 0.647. The van der Waals surface area contributed by atoms with Crippen molar-refractivity contribution < 1.29 is 19.1 Å². The van der Waals surface area contributed by atoms with Crippen molar-refractivity contribution in [2.24, 2.45) is 0 Å². The SMILES string of the molecule is COc1ccccc1/C=C/C(=O)OCC(=O)NC1CCCC1. The average Bonchev–Trinajstić information content (AvgIpc) is 3.04. The molecule has 1 amide bonds. The first-order valence-electron chi connectivity index (χ1n) is 7.46. The molecule has 1 aliphatic rings. The number of hydrogen-bond donors (Lipinski definition) is 1. The van der Waals surface area contributed by atoms with E-state index in [9.17, 15) is 9.59 Å². The van der Waals surface area contributed by atoms with E-state index in [0.717, 1.165) is 31.2 Å². The first-order chi connectivity index (χ1) is 10.7. The molecule has 5 nitrogen and oxygen atoms in total. The van der Waals surface area contributed by atoms with Crippen LogP contribution in [0.3, 0.4) is 0 Å². The molecule has 0 unspecified atom stereocenters. The average molecular weight is 303 g/mol. The Balaban J connectivity index is 1.77. The number of benzene rings is 1. The number of carbonyl (C=O) groups excluding carboxylic acids is 2. The lowest BCUT2D eigenvalue weighted by Crippen LogP contribution is -2.35. The molecule has 1 saturated carbocycles. The van der Waals surface area contributed by atoms with E-state index in [1.807, 2.05) is 18.2 Å². The smallest absolute Gasteiger partial charge is 0.331 e. The summed E-state index contributed by atoms with van der Waals surface area (Å²) >= 11 is 0. The highest BCUT2D eigenvalue weighted by Crippen LogP contribution is 2.19. The minimum atomic E-state index is -0.549. The molecule has 0 atom stereocenters. The fraction of sp³-hybridized carbons (Fsp3) is 0.412. The molecule has 0 bridgehead atoms. The maximum absolute atomic E-state index is 11.6. The van der Waals surface area contributed by atoms with Crippen LogP contribution in [0.1, 0.15) is 31.2 Å². The molecule has 1 N–H and O–H groups in total. The number of carbonyl (C=O) groups is 2. The van der Waals surface area contributed by atoms with Crippen molar-refractivity contribution in [2.45, 2.75) is 31.7 Å². The predicted molar refractivity (Wildman–Crippen MR) is 83.4 cm³/mol. The topological polar surface area (TPSA) is 64.6 Å². The summed E-state index contributed by atoms with van der Waals surface area (Å²) in [6, 6.07) is 7.57. The Kier molecular flexibility index (Phi) is 6.01. The lowest BCUT2D eigenvalue weighted by molar-refractivity contribution is -0.144. The lowest BCUT2D eigenvalue weighted by Gasteiger charge is -2.11. The van der Waals surface area contributed by atoms with Crippen molar-refractivity contribution in [3.05, 3.63) is 35.9 Å². The van der Waals surface area contributed by atoms with E-state index in [4.69, 9.17) is 9.47 Å². The maximum Gasteiger partial charge on any atom is 0.331 e. The molecule has 118 valence electrons. The van der Waals surface area contributed by atoms with Crippen LogP contribution in [0.5, 0.6) is 5.75 Å². The molecule has 1 fully saturated rings. The van der Waals surface area contributed by atoms with Crippen molar-refractivity contribution in [1.82, 2.24) is 5.32 Å². The molecule has 0 saturated heterocycles. The Morgan fingerprint density at radius 2 is 2.00 bits per heavy atom. The number of hydrogen-bond acceptors (Lipinski definition) is 4. The summed E-state index contributed by atoms with van der Waals surface area (Å²) in [4.78, 5) is 23.3.